The summed E-state index contributed by atoms with van der Waals surface area (Å²) in [7, 11) is 0. The number of hydrogen-bond acceptors (Lipinski definition) is 2. The highest BCUT2D eigenvalue weighted by Crippen LogP contribution is 2.48. The molecule has 0 unspecified atom stereocenters. The van der Waals surface area contributed by atoms with E-state index in [4.69, 9.17) is 5.73 Å². The van der Waals surface area contributed by atoms with Gasteiger partial charge in [-0.15, -0.1) is 0 Å². The predicted molar refractivity (Wildman–Crippen MR) is 52.8 cm³/mol. The summed E-state index contributed by atoms with van der Waals surface area (Å²) in [5.74, 6) is -0.790. The maximum absolute atomic E-state index is 13.1. The number of phenols is 1. The van der Waals surface area contributed by atoms with Gasteiger partial charge < -0.3 is 10.8 Å². The molecule has 2 nitrogen and oxygen atoms in total. The highest BCUT2D eigenvalue weighted by Gasteiger charge is 2.43. The fourth-order valence-electron chi connectivity index (χ4n) is 1.82. The molecule has 76 valence electrons. The standard InChI is InChI=1S/C11H14FNO/c1-7-4-8(5-9(14)10(7)12)11(6-13)2-3-11/h4-5,14H,2-3,6,13H2,1H3. The molecule has 0 bridgehead atoms. The van der Waals surface area contributed by atoms with Crippen LogP contribution in [0, 0.1) is 12.7 Å². The van der Waals surface area contributed by atoms with Gasteiger partial charge in [-0.25, -0.2) is 4.39 Å². The summed E-state index contributed by atoms with van der Waals surface area (Å²) < 4.78 is 13.1. The maximum atomic E-state index is 13.1. The molecule has 1 aliphatic rings. The second kappa shape index (κ2) is 2.95. The lowest BCUT2D eigenvalue weighted by Crippen LogP contribution is -2.19. The van der Waals surface area contributed by atoms with Crippen molar-refractivity contribution in [1.29, 1.82) is 0 Å². The fraction of sp³-hybridized carbons (Fsp3) is 0.455. The second-order valence-electron chi connectivity index (χ2n) is 4.11. The van der Waals surface area contributed by atoms with Crippen LogP contribution >= 0.6 is 0 Å². The fourth-order valence-corrected chi connectivity index (χ4v) is 1.82. The number of rotatable bonds is 2. The van der Waals surface area contributed by atoms with Gasteiger partial charge in [0.15, 0.2) is 11.6 Å². The molecule has 14 heavy (non-hydrogen) atoms. The molecule has 1 saturated carbocycles. The Morgan fingerprint density at radius 1 is 1.50 bits per heavy atom. The van der Waals surface area contributed by atoms with Gasteiger partial charge in [0.25, 0.3) is 0 Å². The molecule has 0 saturated heterocycles. The van der Waals surface area contributed by atoms with E-state index in [0.717, 1.165) is 18.4 Å². The lowest BCUT2D eigenvalue weighted by atomic mass is 9.94. The summed E-state index contributed by atoms with van der Waals surface area (Å²) in [6.07, 6.45) is 2.07. The molecule has 0 atom stereocenters. The molecule has 0 aromatic heterocycles. The molecular formula is C11H14FNO. The van der Waals surface area contributed by atoms with E-state index in [1.54, 1.807) is 13.0 Å². The van der Waals surface area contributed by atoms with E-state index in [1.165, 1.54) is 6.07 Å². The van der Waals surface area contributed by atoms with Gasteiger partial charge in [-0.3, -0.25) is 0 Å². The smallest absolute Gasteiger partial charge is 0.167 e. The van der Waals surface area contributed by atoms with Crippen LogP contribution in [0.3, 0.4) is 0 Å². The molecule has 1 fully saturated rings. The van der Waals surface area contributed by atoms with Crippen molar-refractivity contribution in [3.8, 4) is 5.75 Å². The zero-order valence-corrected chi connectivity index (χ0v) is 8.18. The van der Waals surface area contributed by atoms with Crippen molar-refractivity contribution in [3.63, 3.8) is 0 Å². The zero-order valence-electron chi connectivity index (χ0n) is 8.18. The second-order valence-corrected chi connectivity index (χ2v) is 4.11. The topological polar surface area (TPSA) is 46.2 Å². The Hall–Kier alpha value is -1.09. The van der Waals surface area contributed by atoms with Crippen molar-refractivity contribution < 1.29 is 9.50 Å². The van der Waals surface area contributed by atoms with Crippen LogP contribution in [0.1, 0.15) is 24.0 Å². The van der Waals surface area contributed by atoms with Crippen LogP contribution in [0.4, 0.5) is 4.39 Å². The van der Waals surface area contributed by atoms with E-state index >= 15 is 0 Å². The summed E-state index contributed by atoms with van der Waals surface area (Å²) >= 11 is 0. The minimum Gasteiger partial charge on any atom is -0.505 e. The number of aryl methyl sites for hydroxylation is 1. The first-order valence-electron chi connectivity index (χ1n) is 4.79. The molecule has 0 spiro atoms. The SMILES string of the molecule is Cc1cc(C2(CN)CC2)cc(O)c1F. The molecule has 2 rings (SSSR count). The molecule has 1 aromatic carbocycles. The molecule has 0 heterocycles. The number of nitrogens with two attached hydrogens (primary N) is 1. The summed E-state index contributed by atoms with van der Waals surface area (Å²) in [4.78, 5) is 0. The zero-order chi connectivity index (χ0) is 10.3. The minimum atomic E-state index is -0.526. The van der Waals surface area contributed by atoms with Crippen molar-refractivity contribution in [2.24, 2.45) is 5.73 Å². The quantitative estimate of drug-likeness (QED) is 0.756. The molecular weight excluding hydrogens is 181 g/mol. The van der Waals surface area contributed by atoms with Gasteiger partial charge >= 0.3 is 0 Å². The van der Waals surface area contributed by atoms with E-state index in [2.05, 4.69) is 0 Å². The average molecular weight is 195 g/mol. The Morgan fingerprint density at radius 3 is 2.57 bits per heavy atom. The van der Waals surface area contributed by atoms with Crippen molar-refractivity contribution >= 4 is 0 Å². The Balaban J connectivity index is 2.46. The van der Waals surface area contributed by atoms with Crippen LogP contribution in [0.15, 0.2) is 12.1 Å². The predicted octanol–water partition coefficient (Wildman–Crippen LogP) is 1.83. The van der Waals surface area contributed by atoms with Crippen molar-refractivity contribution in [2.75, 3.05) is 6.54 Å². The number of halogens is 1. The summed E-state index contributed by atoms with van der Waals surface area (Å²) in [5.41, 5.74) is 7.13. The monoisotopic (exact) mass is 195 g/mol. The average Bonchev–Trinajstić information content (AvgIpc) is 2.94. The summed E-state index contributed by atoms with van der Waals surface area (Å²) in [5, 5.41) is 9.35. The van der Waals surface area contributed by atoms with E-state index in [1.807, 2.05) is 0 Å². The van der Waals surface area contributed by atoms with Gasteiger partial charge in [-0.2, -0.15) is 0 Å². The van der Waals surface area contributed by atoms with Crippen LogP contribution < -0.4 is 5.73 Å². The molecule has 0 amide bonds. The van der Waals surface area contributed by atoms with E-state index in [9.17, 15) is 9.50 Å². The Labute approximate surface area is 82.5 Å². The first-order chi connectivity index (χ1) is 6.59. The Bertz CT molecular complexity index is 349. The molecule has 1 aliphatic carbocycles. The number of hydrogen-bond donors (Lipinski definition) is 2. The molecule has 0 radical (unpaired) electrons. The van der Waals surface area contributed by atoms with E-state index < -0.39 is 5.82 Å². The molecule has 3 heteroatoms. The van der Waals surface area contributed by atoms with Crippen LogP contribution in [-0.4, -0.2) is 11.7 Å². The first kappa shape index (κ1) is 9.46. The van der Waals surface area contributed by atoms with Crippen molar-refractivity contribution in [3.05, 3.63) is 29.1 Å². The van der Waals surface area contributed by atoms with Crippen LogP contribution in [-0.2, 0) is 5.41 Å². The van der Waals surface area contributed by atoms with Gasteiger partial charge in [0.1, 0.15) is 0 Å². The Kier molecular flexibility index (Phi) is 2.00. The molecule has 1 aromatic rings. The Morgan fingerprint density at radius 2 is 2.14 bits per heavy atom. The van der Waals surface area contributed by atoms with Gasteiger partial charge in [-0.1, -0.05) is 6.07 Å². The van der Waals surface area contributed by atoms with Gasteiger partial charge in [0, 0.05) is 12.0 Å². The van der Waals surface area contributed by atoms with Crippen LogP contribution in [0.5, 0.6) is 5.75 Å². The van der Waals surface area contributed by atoms with E-state index in [-0.39, 0.29) is 11.2 Å². The third-order valence-electron chi connectivity index (χ3n) is 3.09. The summed E-state index contributed by atoms with van der Waals surface area (Å²) in [6.45, 7) is 2.22. The van der Waals surface area contributed by atoms with Crippen LogP contribution in [0.2, 0.25) is 0 Å². The highest BCUT2D eigenvalue weighted by atomic mass is 19.1. The summed E-state index contributed by atoms with van der Waals surface area (Å²) in [6, 6.07) is 3.29. The van der Waals surface area contributed by atoms with Crippen molar-refractivity contribution in [2.45, 2.75) is 25.2 Å². The number of aromatic hydroxyl groups is 1. The molecule has 3 N–H and O–H groups in total. The largest absolute Gasteiger partial charge is 0.505 e. The first-order valence-corrected chi connectivity index (χ1v) is 4.79. The normalized spacial score (nSPS) is 18.2. The van der Waals surface area contributed by atoms with Crippen LogP contribution in [0.25, 0.3) is 0 Å². The maximum Gasteiger partial charge on any atom is 0.167 e. The van der Waals surface area contributed by atoms with Crippen molar-refractivity contribution in [1.82, 2.24) is 0 Å². The van der Waals surface area contributed by atoms with Gasteiger partial charge in [0.2, 0.25) is 0 Å². The third kappa shape index (κ3) is 1.28. The van der Waals surface area contributed by atoms with E-state index in [0.29, 0.717) is 12.1 Å². The number of benzene rings is 1. The minimum absolute atomic E-state index is 0.00986. The van der Waals surface area contributed by atoms with Gasteiger partial charge in [-0.05, 0) is 37.0 Å². The lowest BCUT2D eigenvalue weighted by molar-refractivity contribution is 0.428. The lowest BCUT2D eigenvalue weighted by Gasteiger charge is -2.14. The number of phenolic OH excluding ortho intramolecular Hbond substituents is 1. The molecule has 0 aliphatic heterocycles. The third-order valence-corrected chi connectivity index (χ3v) is 3.09. The van der Waals surface area contributed by atoms with Gasteiger partial charge in [0.05, 0.1) is 0 Å². The highest BCUT2D eigenvalue weighted by molar-refractivity contribution is 5.41.